The predicted molar refractivity (Wildman–Crippen MR) is 133 cm³/mol. The summed E-state index contributed by atoms with van der Waals surface area (Å²) in [4.78, 5) is 0. The number of hydrogen-bond acceptors (Lipinski definition) is 4. The fourth-order valence-corrected chi connectivity index (χ4v) is 6.78. The van der Waals surface area contributed by atoms with E-state index < -0.39 is 0 Å². The van der Waals surface area contributed by atoms with Crippen LogP contribution in [0, 0.1) is 6.92 Å². The van der Waals surface area contributed by atoms with Gasteiger partial charge in [-0.05, 0) is 67.3 Å². The molecule has 4 heteroatoms. The Labute approximate surface area is 185 Å². The molecule has 2 heterocycles. The van der Waals surface area contributed by atoms with E-state index >= 15 is 0 Å². The van der Waals surface area contributed by atoms with E-state index in [2.05, 4.69) is 55.5 Å². The first-order valence-electron chi connectivity index (χ1n) is 10.6. The van der Waals surface area contributed by atoms with Crippen molar-refractivity contribution in [1.82, 2.24) is 0 Å². The molecule has 5 aromatic rings. The minimum absolute atomic E-state index is 0.784. The van der Waals surface area contributed by atoms with Gasteiger partial charge in [0, 0.05) is 33.9 Å². The number of benzene rings is 3. The molecule has 0 bridgehead atoms. The standard InChI is InChI=1S/C26H26O2S2/c1-17-7-8-18-14-22-23(15-19(18)13-17)29-25-21-10-9-20(16-24(21)30-26(22)25)28-12-6-4-3-5-11-27-2/h7-10,13-16H,3-6,11-12H2,1-2H3. The highest BCUT2D eigenvalue weighted by Crippen LogP contribution is 2.46. The largest absolute Gasteiger partial charge is 0.494 e. The number of ether oxygens (including phenoxy) is 2. The first-order valence-corrected chi connectivity index (χ1v) is 12.3. The fourth-order valence-electron chi connectivity index (χ4n) is 4.08. The van der Waals surface area contributed by atoms with Gasteiger partial charge < -0.3 is 9.47 Å². The second-order valence-corrected chi connectivity index (χ2v) is 10.1. The van der Waals surface area contributed by atoms with E-state index in [1.807, 2.05) is 22.7 Å². The van der Waals surface area contributed by atoms with Gasteiger partial charge in [-0.1, -0.05) is 30.2 Å². The van der Waals surface area contributed by atoms with Gasteiger partial charge in [0.2, 0.25) is 0 Å². The van der Waals surface area contributed by atoms with Gasteiger partial charge in [0.05, 0.1) is 16.0 Å². The van der Waals surface area contributed by atoms with Gasteiger partial charge in [-0.2, -0.15) is 0 Å². The molecule has 0 saturated carbocycles. The molecular weight excluding hydrogens is 408 g/mol. The highest BCUT2D eigenvalue weighted by Gasteiger charge is 2.13. The third kappa shape index (κ3) is 3.80. The van der Waals surface area contributed by atoms with E-state index in [-0.39, 0.29) is 0 Å². The van der Waals surface area contributed by atoms with E-state index in [0.717, 1.165) is 31.8 Å². The highest BCUT2D eigenvalue weighted by molar-refractivity contribution is 7.36. The van der Waals surface area contributed by atoms with E-state index in [1.165, 1.54) is 58.7 Å². The lowest BCUT2D eigenvalue weighted by Gasteiger charge is -2.06. The molecule has 0 unspecified atom stereocenters. The Morgan fingerprint density at radius 1 is 0.700 bits per heavy atom. The first kappa shape index (κ1) is 19.8. The van der Waals surface area contributed by atoms with Crippen LogP contribution in [-0.2, 0) is 4.74 Å². The summed E-state index contributed by atoms with van der Waals surface area (Å²) >= 11 is 3.81. The van der Waals surface area contributed by atoms with Crippen molar-refractivity contribution >= 4 is 63.0 Å². The Bertz CT molecular complexity index is 1330. The summed E-state index contributed by atoms with van der Waals surface area (Å²) in [5, 5.41) is 5.38. The molecule has 0 saturated heterocycles. The van der Waals surface area contributed by atoms with Crippen molar-refractivity contribution in [2.24, 2.45) is 0 Å². The summed E-state index contributed by atoms with van der Waals surface area (Å²) < 4.78 is 16.6. The molecule has 154 valence electrons. The molecule has 0 aliphatic rings. The van der Waals surface area contributed by atoms with Gasteiger partial charge in [0.25, 0.3) is 0 Å². The van der Waals surface area contributed by atoms with Crippen LogP contribution in [0.4, 0.5) is 0 Å². The molecule has 0 N–H and O–H groups in total. The van der Waals surface area contributed by atoms with Gasteiger partial charge >= 0.3 is 0 Å². The van der Waals surface area contributed by atoms with Gasteiger partial charge in [0.1, 0.15) is 5.75 Å². The SMILES string of the molecule is COCCCCCCOc1ccc2c(c1)sc1c3cc4ccc(C)cc4cc3sc21. The minimum Gasteiger partial charge on any atom is -0.494 e. The summed E-state index contributed by atoms with van der Waals surface area (Å²) in [6.45, 7) is 3.80. The van der Waals surface area contributed by atoms with Gasteiger partial charge in [0.15, 0.2) is 0 Å². The van der Waals surface area contributed by atoms with Crippen LogP contribution in [0.5, 0.6) is 5.75 Å². The zero-order chi connectivity index (χ0) is 20.5. The van der Waals surface area contributed by atoms with Crippen LogP contribution in [0.1, 0.15) is 31.2 Å². The lowest BCUT2D eigenvalue weighted by molar-refractivity contribution is 0.191. The van der Waals surface area contributed by atoms with Crippen molar-refractivity contribution in [3.8, 4) is 5.75 Å². The first-order chi connectivity index (χ1) is 14.7. The highest BCUT2D eigenvalue weighted by atomic mass is 32.1. The van der Waals surface area contributed by atoms with E-state index in [0.29, 0.717) is 0 Å². The van der Waals surface area contributed by atoms with Crippen LogP contribution in [0.2, 0.25) is 0 Å². The van der Waals surface area contributed by atoms with Crippen molar-refractivity contribution in [1.29, 1.82) is 0 Å². The van der Waals surface area contributed by atoms with Crippen LogP contribution in [-0.4, -0.2) is 20.3 Å². The smallest absolute Gasteiger partial charge is 0.120 e. The van der Waals surface area contributed by atoms with Crippen LogP contribution < -0.4 is 4.74 Å². The Balaban J connectivity index is 1.39. The monoisotopic (exact) mass is 434 g/mol. The Kier molecular flexibility index (Phi) is 5.64. The van der Waals surface area contributed by atoms with Gasteiger partial charge in [-0.3, -0.25) is 0 Å². The van der Waals surface area contributed by atoms with Crippen molar-refractivity contribution < 1.29 is 9.47 Å². The molecule has 0 aliphatic carbocycles. The Hall–Kier alpha value is -2.14. The molecule has 30 heavy (non-hydrogen) atoms. The molecule has 0 atom stereocenters. The van der Waals surface area contributed by atoms with E-state index in [4.69, 9.17) is 9.47 Å². The molecule has 0 amide bonds. The molecular formula is C26H26O2S2. The number of unbranched alkanes of at least 4 members (excludes halogenated alkanes) is 3. The zero-order valence-corrected chi connectivity index (χ0v) is 19.1. The number of rotatable bonds is 8. The van der Waals surface area contributed by atoms with Gasteiger partial charge in [-0.25, -0.2) is 0 Å². The van der Waals surface area contributed by atoms with Gasteiger partial charge in [-0.15, -0.1) is 22.7 Å². The van der Waals surface area contributed by atoms with E-state index in [9.17, 15) is 0 Å². The summed E-state index contributed by atoms with van der Waals surface area (Å²) in [5.74, 6) is 0.985. The topological polar surface area (TPSA) is 18.5 Å². The molecule has 0 radical (unpaired) electrons. The number of thiophene rings is 2. The van der Waals surface area contributed by atoms with Crippen molar-refractivity contribution in [2.45, 2.75) is 32.6 Å². The molecule has 3 aromatic carbocycles. The maximum atomic E-state index is 6.03. The third-order valence-electron chi connectivity index (χ3n) is 5.68. The minimum atomic E-state index is 0.784. The molecule has 2 aromatic heterocycles. The Morgan fingerprint density at radius 3 is 2.30 bits per heavy atom. The predicted octanol–water partition coefficient (Wildman–Crippen LogP) is 8.32. The molecule has 2 nitrogen and oxygen atoms in total. The molecule has 0 fully saturated rings. The molecule has 0 aliphatic heterocycles. The average Bonchev–Trinajstić information content (AvgIpc) is 3.26. The number of methoxy groups -OCH3 is 1. The second-order valence-electron chi connectivity index (χ2n) is 7.97. The van der Waals surface area contributed by atoms with Crippen molar-refractivity contribution in [3.63, 3.8) is 0 Å². The number of fused-ring (bicyclic) bond motifs is 6. The summed E-state index contributed by atoms with van der Waals surface area (Å²) in [6.07, 6.45) is 4.63. The summed E-state index contributed by atoms with van der Waals surface area (Å²) in [7, 11) is 1.76. The number of aryl methyl sites for hydroxylation is 1. The molecule has 5 rings (SSSR count). The quantitative estimate of drug-likeness (QED) is 0.229. The Morgan fingerprint density at radius 2 is 1.47 bits per heavy atom. The number of hydrogen-bond donors (Lipinski definition) is 0. The third-order valence-corrected chi connectivity index (χ3v) is 8.18. The second kappa shape index (κ2) is 8.54. The summed E-state index contributed by atoms with van der Waals surface area (Å²) in [5.41, 5.74) is 1.31. The van der Waals surface area contributed by atoms with Crippen molar-refractivity contribution in [2.75, 3.05) is 20.3 Å². The van der Waals surface area contributed by atoms with Crippen LogP contribution in [0.15, 0.2) is 48.5 Å². The lowest BCUT2D eigenvalue weighted by Crippen LogP contribution is -1.97. The maximum absolute atomic E-state index is 6.03. The molecule has 0 spiro atoms. The van der Waals surface area contributed by atoms with Crippen LogP contribution in [0.3, 0.4) is 0 Å². The van der Waals surface area contributed by atoms with E-state index in [1.54, 1.807) is 7.11 Å². The lowest BCUT2D eigenvalue weighted by atomic mass is 10.1. The normalized spacial score (nSPS) is 11.9. The van der Waals surface area contributed by atoms with Crippen molar-refractivity contribution in [3.05, 3.63) is 54.1 Å². The average molecular weight is 435 g/mol. The zero-order valence-electron chi connectivity index (χ0n) is 17.5. The summed E-state index contributed by atoms with van der Waals surface area (Å²) in [6, 6.07) is 18.0. The van der Waals surface area contributed by atoms with Crippen LogP contribution in [0.25, 0.3) is 40.3 Å². The fraction of sp³-hybridized carbons (Fsp3) is 0.308. The van der Waals surface area contributed by atoms with Crippen LogP contribution >= 0.6 is 22.7 Å². The maximum Gasteiger partial charge on any atom is 0.120 e.